The van der Waals surface area contributed by atoms with Gasteiger partial charge in [-0.3, -0.25) is 9.48 Å². The molecule has 1 fully saturated rings. The first-order valence-corrected chi connectivity index (χ1v) is 7.60. The zero-order valence-corrected chi connectivity index (χ0v) is 13.3. The highest BCUT2D eigenvalue weighted by atomic mass is 16.5. The minimum Gasteiger partial charge on any atom is -0.493 e. The van der Waals surface area contributed by atoms with Crippen LogP contribution in [0.4, 0.5) is 0 Å². The molecule has 6 nitrogen and oxygen atoms in total. The van der Waals surface area contributed by atoms with Crippen LogP contribution < -0.4 is 10.1 Å². The van der Waals surface area contributed by atoms with E-state index in [1.807, 2.05) is 14.1 Å². The zero-order chi connectivity index (χ0) is 15.2. The quantitative estimate of drug-likeness (QED) is 0.761. The van der Waals surface area contributed by atoms with Gasteiger partial charge >= 0.3 is 0 Å². The van der Waals surface area contributed by atoms with Crippen molar-refractivity contribution in [2.24, 2.45) is 5.92 Å². The van der Waals surface area contributed by atoms with Crippen molar-refractivity contribution >= 4 is 5.78 Å². The molecule has 0 radical (unpaired) electrons. The van der Waals surface area contributed by atoms with Crippen molar-refractivity contribution in [1.82, 2.24) is 20.0 Å². The summed E-state index contributed by atoms with van der Waals surface area (Å²) in [6.45, 7) is 3.56. The Bertz CT molecular complexity index is 464. The highest BCUT2D eigenvalue weighted by molar-refractivity contribution is 5.97. The summed E-state index contributed by atoms with van der Waals surface area (Å²) < 4.78 is 7.09. The van der Waals surface area contributed by atoms with Gasteiger partial charge in [-0.05, 0) is 45.9 Å². The second-order valence-electron chi connectivity index (χ2n) is 5.91. The van der Waals surface area contributed by atoms with Gasteiger partial charge in [0.1, 0.15) is 5.69 Å². The fraction of sp³-hybridized carbons (Fsp3) is 0.733. The van der Waals surface area contributed by atoms with Crippen molar-refractivity contribution in [2.45, 2.75) is 25.8 Å². The number of Topliss-reactive ketones (excluding diaryl/α,β-unsaturated/α-hetero) is 1. The molecule has 0 amide bonds. The smallest absolute Gasteiger partial charge is 0.184 e. The number of carbonyl (C=O) groups is 1. The molecule has 1 N–H and O–H groups in total. The molecule has 1 aliphatic heterocycles. The molecule has 0 aliphatic carbocycles. The Kier molecular flexibility index (Phi) is 5.76. The Hall–Kier alpha value is -1.40. The summed E-state index contributed by atoms with van der Waals surface area (Å²) in [6.07, 6.45) is 4.37. The molecular weight excluding hydrogens is 268 g/mol. The largest absolute Gasteiger partial charge is 0.493 e. The Morgan fingerprint density at radius 1 is 1.48 bits per heavy atom. The number of methoxy groups -OCH3 is 1. The SMILES string of the molecule is COc1cnn(CCN(C)C)c1C(=O)CC1CCNCC1. The lowest BCUT2D eigenvalue weighted by molar-refractivity contribution is 0.0937. The number of nitrogens with zero attached hydrogens (tertiary/aromatic N) is 3. The van der Waals surface area contributed by atoms with Crippen LogP contribution in [0.5, 0.6) is 5.75 Å². The number of hydrogen-bond donors (Lipinski definition) is 1. The molecule has 1 saturated heterocycles. The summed E-state index contributed by atoms with van der Waals surface area (Å²) in [6, 6.07) is 0. The van der Waals surface area contributed by atoms with Crippen LogP contribution in [-0.2, 0) is 6.54 Å². The fourth-order valence-corrected chi connectivity index (χ4v) is 2.71. The van der Waals surface area contributed by atoms with E-state index in [1.54, 1.807) is 18.0 Å². The number of nitrogens with one attached hydrogen (secondary N) is 1. The lowest BCUT2D eigenvalue weighted by Gasteiger charge is -2.22. The summed E-state index contributed by atoms with van der Waals surface area (Å²) in [7, 11) is 5.61. The molecule has 6 heteroatoms. The molecule has 1 aromatic heterocycles. The number of piperidine rings is 1. The second kappa shape index (κ2) is 7.56. The van der Waals surface area contributed by atoms with Gasteiger partial charge in [0.15, 0.2) is 11.5 Å². The van der Waals surface area contributed by atoms with E-state index >= 15 is 0 Å². The van der Waals surface area contributed by atoms with Crippen LogP contribution in [0, 0.1) is 5.92 Å². The van der Waals surface area contributed by atoms with Crippen LogP contribution >= 0.6 is 0 Å². The van der Waals surface area contributed by atoms with E-state index in [9.17, 15) is 4.79 Å². The molecule has 1 aliphatic rings. The third kappa shape index (κ3) is 4.28. The van der Waals surface area contributed by atoms with Gasteiger partial charge in [0.05, 0.1) is 19.9 Å². The molecule has 118 valence electrons. The van der Waals surface area contributed by atoms with Crippen LogP contribution in [0.2, 0.25) is 0 Å². The summed E-state index contributed by atoms with van der Waals surface area (Å²) in [5.41, 5.74) is 0.623. The van der Waals surface area contributed by atoms with E-state index in [0.717, 1.165) is 32.5 Å². The number of carbonyl (C=O) groups excluding carboxylic acids is 1. The number of likely N-dealkylation sites (N-methyl/N-ethyl adjacent to an activating group) is 1. The lowest BCUT2D eigenvalue weighted by Crippen LogP contribution is -2.29. The summed E-state index contributed by atoms with van der Waals surface area (Å²) >= 11 is 0. The van der Waals surface area contributed by atoms with Crippen LogP contribution in [0.3, 0.4) is 0 Å². The fourth-order valence-electron chi connectivity index (χ4n) is 2.71. The van der Waals surface area contributed by atoms with Gasteiger partial charge in [-0.2, -0.15) is 5.10 Å². The third-order valence-electron chi connectivity index (χ3n) is 3.98. The topological polar surface area (TPSA) is 59.4 Å². The van der Waals surface area contributed by atoms with Gasteiger partial charge in [-0.1, -0.05) is 0 Å². The second-order valence-corrected chi connectivity index (χ2v) is 5.91. The van der Waals surface area contributed by atoms with Crippen molar-refractivity contribution in [3.63, 3.8) is 0 Å². The first-order valence-electron chi connectivity index (χ1n) is 7.60. The number of ketones is 1. The number of ether oxygens (including phenoxy) is 1. The molecule has 0 saturated carbocycles. The van der Waals surface area contributed by atoms with Crippen molar-refractivity contribution < 1.29 is 9.53 Å². The van der Waals surface area contributed by atoms with E-state index in [1.165, 1.54) is 0 Å². The first kappa shape index (κ1) is 16.0. The minimum atomic E-state index is 0.148. The lowest BCUT2D eigenvalue weighted by atomic mass is 9.92. The molecule has 0 atom stereocenters. The summed E-state index contributed by atoms with van der Waals surface area (Å²) in [5, 5.41) is 7.64. The molecule has 21 heavy (non-hydrogen) atoms. The number of hydrogen-bond acceptors (Lipinski definition) is 5. The molecule has 2 rings (SSSR count). The molecule has 2 heterocycles. The normalized spacial score (nSPS) is 16.4. The van der Waals surface area contributed by atoms with Crippen molar-refractivity contribution in [3.8, 4) is 5.75 Å². The van der Waals surface area contributed by atoms with Crippen LogP contribution in [0.25, 0.3) is 0 Å². The van der Waals surface area contributed by atoms with Gasteiger partial charge in [0.2, 0.25) is 0 Å². The maximum absolute atomic E-state index is 12.6. The molecule has 0 spiro atoms. The molecule has 1 aromatic rings. The summed E-state index contributed by atoms with van der Waals surface area (Å²) in [5.74, 6) is 1.21. The Morgan fingerprint density at radius 3 is 2.81 bits per heavy atom. The Morgan fingerprint density at radius 2 is 2.19 bits per heavy atom. The highest BCUT2D eigenvalue weighted by Gasteiger charge is 2.23. The molecular formula is C15H26N4O2. The van der Waals surface area contributed by atoms with E-state index in [0.29, 0.717) is 30.3 Å². The van der Waals surface area contributed by atoms with Crippen LogP contribution in [0.15, 0.2) is 6.20 Å². The maximum atomic E-state index is 12.6. The van der Waals surface area contributed by atoms with E-state index < -0.39 is 0 Å². The van der Waals surface area contributed by atoms with E-state index in [-0.39, 0.29) is 5.78 Å². The Balaban J connectivity index is 2.07. The van der Waals surface area contributed by atoms with Gasteiger partial charge in [0.25, 0.3) is 0 Å². The van der Waals surface area contributed by atoms with Crippen molar-refractivity contribution in [3.05, 3.63) is 11.9 Å². The predicted molar refractivity (Wildman–Crippen MR) is 81.9 cm³/mol. The average Bonchev–Trinajstić information content (AvgIpc) is 2.89. The highest BCUT2D eigenvalue weighted by Crippen LogP contribution is 2.24. The maximum Gasteiger partial charge on any atom is 0.184 e. The van der Waals surface area contributed by atoms with Crippen LogP contribution in [-0.4, -0.2) is 61.3 Å². The monoisotopic (exact) mass is 294 g/mol. The number of rotatable bonds is 7. The standard InChI is InChI=1S/C15H26N4O2/c1-18(2)8-9-19-15(14(21-3)11-17-19)13(20)10-12-4-6-16-7-5-12/h11-12,16H,4-10H2,1-3H3. The van der Waals surface area contributed by atoms with Gasteiger partial charge in [-0.25, -0.2) is 0 Å². The predicted octanol–water partition coefficient (Wildman–Crippen LogP) is 1.03. The molecule has 0 unspecified atom stereocenters. The molecule has 0 aromatic carbocycles. The van der Waals surface area contributed by atoms with Gasteiger partial charge in [0, 0.05) is 13.0 Å². The summed E-state index contributed by atoms with van der Waals surface area (Å²) in [4.78, 5) is 14.7. The average molecular weight is 294 g/mol. The van der Waals surface area contributed by atoms with Crippen molar-refractivity contribution in [2.75, 3.05) is 40.8 Å². The molecule has 0 bridgehead atoms. The van der Waals surface area contributed by atoms with Gasteiger partial charge < -0.3 is 15.0 Å². The van der Waals surface area contributed by atoms with Gasteiger partial charge in [-0.15, -0.1) is 0 Å². The zero-order valence-electron chi connectivity index (χ0n) is 13.3. The number of aromatic nitrogens is 2. The first-order chi connectivity index (χ1) is 10.1. The van der Waals surface area contributed by atoms with Crippen molar-refractivity contribution in [1.29, 1.82) is 0 Å². The van der Waals surface area contributed by atoms with Crippen LogP contribution in [0.1, 0.15) is 29.8 Å². The van der Waals surface area contributed by atoms with E-state index in [2.05, 4.69) is 15.3 Å². The van der Waals surface area contributed by atoms with E-state index in [4.69, 9.17) is 4.74 Å². The Labute approximate surface area is 126 Å². The third-order valence-corrected chi connectivity index (χ3v) is 3.98. The minimum absolute atomic E-state index is 0.148.